The van der Waals surface area contributed by atoms with Gasteiger partial charge in [0, 0.05) is 7.11 Å². The SMILES string of the molecule is COC(=O)C(=C=NC1CCCCC1)C(OC)C(=O)OC. The van der Waals surface area contributed by atoms with Crippen LogP contribution < -0.4 is 0 Å². The summed E-state index contributed by atoms with van der Waals surface area (Å²) in [6, 6.07) is 0.138. The van der Waals surface area contributed by atoms with Crippen LogP contribution in [0.15, 0.2) is 10.6 Å². The van der Waals surface area contributed by atoms with Crippen molar-refractivity contribution in [2.45, 2.75) is 44.2 Å². The number of aliphatic imine (C=N–C) groups is 1. The summed E-state index contributed by atoms with van der Waals surface area (Å²) in [6.07, 6.45) is 4.22. The van der Waals surface area contributed by atoms with E-state index >= 15 is 0 Å². The molecule has 6 heteroatoms. The molecule has 0 aliphatic heterocycles. The van der Waals surface area contributed by atoms with Gasteiger partial charge in [-0.05, 0) is 18.7 Å². The first kappa shape index (κ1) is 16.4. The number of hydrogen-bond donors (Lipinski definition) is 0. The maximum Gasteiger partial charge on any atom is 0.346 e. The van der Waals surface area contributed by atoms with E-state index in [1.54, 1.807) is 0 Å². The molecule has 0 heterocycles. The summed E-state index contributed by atoms with van der Waals surface area (Å²) in [4.78, 5) is 27.6. The molecule has 112 valence electrons. The van der Waals surface area contributed by atoms with E-state index in [0.717, 1.165) is 25.7 Å². The molecular formula is C14H21NO5. The van der Waals surface area contributed by atoms with Gasteiger partial charge in [0.05, 0.1) is 20.3 Å². The number of carbonyl (C=O) groups is 2. The Bertz CT molecular complexity index is 406. The van der Waals surface area contributed by atoms with Crippen LogP contribution in [0, 0.1) is 0 Å². The summed E-state index contributed by atoms with van der Waals surface area (Å²) >= 11 is 0. The third-order valence-electron chi connectivity index (χ3n) is 3.26. The molecule has 6 nitrogen and oxygen atoms in total. The van der Waals surface area contributed by atoms with Gasteiger partial charge in [-0.3, -0.25) is 0 Å². The second kappa shape index (κ2) is 8.51. The van der Waals surface area contributed by atoms with E-state index < -0.39 is 18.0 Å². The average Bonchev–Trinajstić information content (AvgIpc) is 2.51. The van der Waals surface area contributed by atoms with Crippen LogP contribution in [-0.4, -0.2) is 51.3 Å². The van der Waals surface area contributed by atoms with Crippen molar-refractivity contribution in [3.05, 3.63) is 5.57 Å². The van der Waals surface area contributed by atoms with Crippen LogP contribution in [0.1, 0.15) is 32.1 Å². The molecule has 1 aliphatic carbocycles. The minimum absolute atomic E-state index is 0.0626. The monoisotopic (exact) mass is 283 g/mol. The Morgan fingerprint density at radius 3 is 2.25 bits per heavy atom. The zero-order valence-electron chi connectivity index (χ0n) is 12.2. The quantitative estimate of drug-likeness (QED) is 0.431. The second-order valence-electron chi connectivity index (χ2n) is 4.58. The lowest BCUT2D eigenvalue weighted by Gasteiger charge is -2.16. The highest BCUT2D eigenvalue weighted by Crippen LogP contribution is 2.20. The highest BCUT2D eigenvalue weighted by Gasteiger charge is 2.30. The van der Waals surface area contributed by atoms with Gasteiger partial charge in [0.15, 0.2) is 6.10 Å². The van der Waals surface area contributed by atoms with E-state index in [-0.39, 0.29) is 11.6 Å². The number of nitrogens with zero attached hydrogens (tertiary/aromatic N) is 1. The Kier molecular flexibility index (Phi) is 6.98. The molecule has 0 bridgehead atoms. The first-order valence-electron chi connectivity index (χ1n) is 6.65. The van der Waals surface area contributed by atoms with Crippen LogP contribution in [0.5, 0.6) is 0 Å². The normalized spacial score (nSPS) is 16.8. The predicted octanol–water partition coefficient (Wildman–Crippen LogP) is 1.28. The summed E-state index contributed by atoms with van der Waals surface area (Å²) in [5.74, 6) is 1.27. The van der Waals surface area contributed by atoms with Gasteiger partial charge >= 0.3 is 11.9 Å². The van der Waals surface area contributed by atoms with Crippen molar-refractivity contribution in [2.24, 2.45) is 4.99 Å². The Morgan fingerprint density at radius 1 is 1.10 bits per heavy atom. The molecule has 1 rings (SSSR count). The van der Waals surface area contributed by atoms with E-state index in [1.165, 1.54) is 27.8 Å². The molecule has 0 radical (unpaired) electrons. The number of hydrogen-bond acceptors (Lipinski definition) is 6. The number of methoxy groups -OCH3 is 3. The molecule has 1 fully saturated rings. The first-order valence-corrected chi connectivity index (χ1v) is 6.65. The van der Waals surface area contributed by atoms with E-state index in [4.69, 9.17) is 4.74 Å². The van der Waals surface area contributed by atoms with Crippen molar-refractivity contribution in [1.29, 1.82) is 0 Å². The van der Waals surface area contributed by atoms with Crippen molar-refractivity contribution in [3.8, 4) is 0 Å². The van der Waals surface area contributed by atoms with Gasteiger partial charge in [0.1, 0.15) is 5.57 Å². The van der Waals surface area contributed by atoms with Crippen LogP contribution in [0.3, 0.4) is 0 Å². The highest BCUT2D eigenvalue weighted by molar-refractivity contribution is 6.04. The number of carbonyl (C=O) groups excluding carboxylic acids is 2. The zero-order chi connectivity index (χ0) is 15.0. The van der Waals surface area contributed by atoms with Crippen LogP contribution in [0.2, 0.25) is 0 Å². The largest absolute Gasteiger partial charge is 0.467 e. The van der Waals surface area contributed by atoms with Gasteiger partial charge in [-0.15, -0.1) is 0 Å². The Morgan fingerprint density at radius 2 is 1.75 bits per heavy atom. The van der Waals surface area contributed by atoms with Crippen LogP contribution in [0.4, 0.5) is 0 Å². The highest BCUT2D eigenvalue weighted by atomic mass is 16.6. The molecule has 0 amide bonds. The van der Waals surface area contributed by atoms with Gasteiger partial charge in [-0.25, -0.2) is 14.6 Å². The first-order chi connectivity index (χ1) is 9.63. The summed E-state index contributed by atoms with van der Waals surface area (Å²) in [6.45, 7) is 0. The molecule has 0 saturated heterocycles. The summed E-state index contributed by atoms with van der Waals surface area (Å²) in [5, 5.41) is 0. The number of rotatable bonds is 5. The van der Waals surface area contributed by atoms with Crippen molar-refractivity contribution >= 4 is 17.8 Å². The summed E-state index contributed by atoms with van der Waals surface area (Å²) in [5.41, 5.74) is -0.0626. The molecule has 0 N–H and O–H groups in total. The molecule has 0 aromatic rings. The topological polar surface area (TPSA) is 74.2 Å². The molecule has 0 aromatic heterocycles. The minimum Gasteiger partial charge on any atom is -0.467 e. The van der Waals surface area contributed by atoms with E-state index in [0.29, 0.717) is 0 Å². The lowest BCUT2D eigenvalue weighted by Crippen LogP contribution is -2.31. The maximum atomic E-state index is 11.7. The average molecular weight is 283 g/mol. The van der Waals surface area contributed by atoms with Gasteiger partial charge in [-0.1, -0.05) is 19.3 Å². The van der Waals surface area contributed by atoms with Gasteiger partial charge in [0.2, 0.25) is 0 Å². The Balaban J connectivity index is 3.00. The van der Waals surface area contributed by atoms with Crippen LogP contribution >= 0.6 is 0 Å². The van der Waals surface area contributed by atoms with E-state index in [1.807, 2.05) is 0 Å². The fourth-order valence-corrected chi connectivity index (χ4v) is 2.13. The molecule has 0 aromatic carbocycles. The van der Waals surface area contributed by atoms with Gasteiger partial charge in [0.25, 0.3) is 0 Å². The fourth-order valence-electron chi connectivity index (χ4n) is 2.13. The molecule has 0 spiro atoms. The minimum atomic E-state index is -1.17. The smallest absolute Gasteiger partial charge is 0.346 e. The van der Waals surface area contributed by atoms with Crippen LogP contribution in [0.25, 0.3) is 0 Å². The summed E-state index contributed by atoms with van der Waals surface area (Å²) < 4.78 is 14.2. The molecule has 1 aliphatic rings. The molecule has 1 saturated carbocycles. The third kappa shape index (κ3) is 4.47. The molecule has 20 heavy (non-hydrogen) atoms. The lowest BCUT2D eigenvalue weighted by atomic mass is 9.96. The van der Waals surface area contributed by atoms with Gasteiger partial charge in [-0.2, -0.15) is 0 Å². The number of ether oxygens (including phenoxy) is 3. The molecule has 1 atom stereocenters. The van der Waals surface area contributed by atoms with Gasteiger partial charge < -0.3 is 14.2 Å². The standard InChI is InChI=1S/C14H21NO5/c1-18-12(14(17)20-3)11(13(16)19-2)9-15-10-7-5-4-6-8-10/h10,12H,4-8H2,1-3H3. The lowest BCUT2D eigenvalue weighted by molar-refractivity contribution is -0.153. The van der Waals surface area contributed by atoms with Crippen molar-refractivity contribution < 1.29 is 23.8 Å². The zero-order valence-corrected chi connectivity index (χ0v) is 12.2. The second-order valence-corrected chi connectivity index (χ2v) is 4.58. The van der Waals surface area contributed by atoms with Crippen molar-refractivity contribution in [2.75, 3.05) is 21.3 Å². The maximum absolute atomic E-state index is 11.7. The van der Waals surface area contributed by atoms with E-state index in [9.17, 15) is 9.59 Å². The van der Waals surface area contributed by atoms with Crippen molar-refractivity contribution in [1.82, 2.24) is 0 Å². The van der Waals surface area contributed by atoms with E-state index in [2.05, 4.69) is 20.3 Å². The molecular weight excluding hydrogens is 262 g/mol. The molecule has 1 unspecified atom stereocenters. The predicted molar refractivity (Wildman–Crippen MR) is 72.7 cm³/mol. The van der Waals surface area contributed by atoms with Crippen molar-refractivity contribution in [3.63, 3.8) is 0 Å². The summed E-state index contributed by atoms with van der Waals surface area (Å²) in [7, 11) is 3.77. The van der Waals surface area contributed by atoms with Crippen LogP contribution in [-0.2, 0) is 23.8 Å². The fraction of sp³-hybridized carbons (Fsp3) is 0.714. The third-order valence-corrected chi connectivity index (χ3v) is 3.26. The number of esters is 2. The Hall–Kier alpha value is -1.65. The Labute approximate surface area is 118 Å².